The molecule has 0 bridgehead atoms. The third kappa shape index (κ3) is 2.72. The van der Waals surface area contributed by atoms with Crippen molar-refractivity contribution in [2.24, 2.45) is 0 Å². The van der Waals surface area contributed by atoms with Crippen molar-refractivity contribution in [3.8, 4) is 0 Å². The van der Waals surface area contributed by atoms with Crippen LogP contribution in [0.3, 0.4) is 0 Å². The van der Waals surface area contributed by atoms with Crippen molar-refractivity contribution in [1.82, 2.24) is 9.80 Å². The van der Waals surface area contributed by atoms with Crippen molar-refractivity contribution in [2.45, 2.75) is 30.8 Å². The van der Waals surface area contributed by atoms with E-state index in [1.165, 1.54) is 9.80 Å². The topological polar surface area (TPSA) is 99.5 Å². The maximum atomic E-state index is 12.4. The summed E-state index contributed by atoms with van der Waals surface area (Å²) in [5.74, 6) is -1.10. The van der Waals surface area contributed by atoms with Crippen molar-refractivity contribution in [2.75, 3.05) is 33.9 Å². The molecular formula is C12H20N2O6. The second kappa shape index (κ2) is 5.94. The number of methoxy groups -OCH3 is 2. The van der Waals surface area contributed by atoms with E-state index in [-0.39, 0.29) is 25.2 Å². The lowest BCUT2D eigenvalue weighted by Crippen LogP contribution is -2.47. The molecule has 2 aliphatic rings. The maximum Gasteiger partial charge on any atom is 0.326 e. The molecule has 8 heteroatoms. The van der Waals surface area contributed by atoms with E-state index in [1.54, 1.807) is 14.2 Å². The average molecular weight is 288 g/mol. The molecule has 0 saturated carbocycles. The van der Waals surface area contributed by atoms with Gasteiger partial charge in [0.25, 0.3) is 0 Å². The molecule has 0 spiro atoms. The molecular weight excluding hydrogens is 268 g/mol. The Hall–Kier alpha value is -1.38. The van der Waals surface area contributed by atoms with Gasteiger partial charge in [-0.05, 0) is 0 Å². The van der Waals surface area contributed by atoms with Gasteiger partial charge in [-0.2, -0.15) is 0 Å². The molecule has 0 aliphatic carbocycles. The minimum Gasteiger partial charge on any atom is -0.480 e. The first-order chi connectivity index (χ1) is 9.47. The number of ether oxygens (including phenoxy) is 2. The Bertz CT molecular complexity index is 378. The van der Waals surface area contributed by atoms with Crippen LogP contribution in [0.15, 0.2) is 0 Å². The van der Waals surface area contributed by atoms with Gasteiger partial charge < -0.3 is 29.5 Å². The van der Waals surface area contributed by atoms with Crippen LogP contribution in [-0.2, 0) is 14.3 Å². The number of carbonyl (C=O) groups is 2. The molecule has 2 rings (SSSR count). The van der Waals surface area contributed by atoms with E-state index in [2.05, 4.69) is 0 Å². The van der Waals surface area contributed by atoms with Crippen molar-refractivity contribution in [3.05, 3.63) is 0 Å². The first kappa shape index (κ1) is 15.0. The predicted molar refractivity (Wildman–Crippen MR) is 67.3 cm³/mol. The van der Waals surface area contributed by atoms with E-state index in [1.807, 2.05) is 0 Å². The van der Waals surface area contributed by atoms with Crippen molar-refractivity contribution in [1.29, 1.82) is 0 Å². The zero-order chi connectivity index (χ0) is 14.9. The number of aliphatic hydroxyl groups is 1. The van der Waals surface area contributed by atoms with Crippen molar-refractivity contribution >= 4 is 12.0 Å². The van der Waals surface area contributed by atoms with Gasteiger partial charge in [0.15, 0.2) is 0 Å². The smallest absolute Gasteiger partial charge is 0.326 e. The number of aliphatic carboxylic acids is 1. The fourth-order valence-electron chi connectivity index (χ4n) is 2.79. The molecule has 0 aromatic carbocycles. The van der Waals surface area contributed by atoms with Crippen LogP contribution < -0.4 is 0 Å². The van der Waals surface area contributed by atoms with Gasteiger partial charge in [0, 0.05) is 27.2 Å². The van der Waals surface area contributed by atoms with Crippen LogP contribution in [0.4, 0.5) is 4.79 Å². The van der Waals surface area contributed by atoms with Crippen LogP contribution in [0.5, 0.6) is 0 Å². The summed E-state index contributed by atoms with van der Waals surface area (Å²) in [4.78, 5) is 26.3. The number of amides is 2. The number of carbonyl (C=O) groups excluding carboxylic acids is 1. The summed E-state index contributed by atoms with van der Waals surface area (Å²) in [6.07, 6.45) is -1.17. The summed E-state index contributed by atoms with van der Waals surface area (Å²) in [5.41, 5.74) is 0. The Morgan fingerprint density at radius 3 is 2.10 bits per heavy atom. The highest BCUT2D eigenvalue weighted by molar-refractivity contribution is 5.83. The Morgan fingerprint density at radius 1 is 1.10 bits per heavy atom. The van der Waals surface area contributed by atoms with Crippen LogP contribution >= 0.6 is 0 Å². The molecule has 2 amide bonds. The van der Waals surface area contributed by atoms with E-state index < -0.39 is 24.1 Å². The largest absolute Gasteiger partial charge is 0.480 e. The first-order valence-electron chi connectivity index (χ1n) is 6.50. The number of carboxylic acids is 1. The highest BCUT2D eigenvalue weighted by Crippen LogP contribution is 2.23. The van der Waals surface area contributed by atoms with Gasteiger partial charge >= 0.3 is 12.0 Å². The highest BCUT2D eigenvalue weighted by Gasteiger charge is 2.44. The Kier molecular flexibility index (Phi) is 4.46. The average Bonchev–Trinajstić information content (AvgIpc) is 3.00. The number of carboxylic acid groups (broad SMARTS) is 1. The third-order valence-corrected chi connectivity index (χ3v) is 3.90. The van der Waals surface area contributed by atoms with Gasteiger partial charge in [-0.1, -0.05) is 0 Å². The van der Waals surface area contributed by atoms with Gasteiger partial charge in [-0.15, -0.1) is 0 Å². The molecule has 0 aromatic rings. The molecule has 0 radical (unpaired) electrons. The minimum atomic E-state index is -1.10. The standard InChI is InChI=1S/C12H20N2O6/c1-19-9-5-13(6-10(9)20-2)12(18)14-4-7(15)3-8(14)11(16)17/h7-10,15H,3-6H2,1-2H3,(H,16,17)/t7-,8-,9?,10?/m0/s1. The number of hydrogen-bond acceptors (Lipinski definition) is 5. The predicted octanol–water partition coefficient (Wildman–Crippen LogP) is -1.03. The summed E-state index contributed by atoms with van der Waals surface area (Å²) in [7, 11) is 3.09. The lowest BCUT2D eigenvalue weighted by Gasteiger charge is -2.27. The van der Waals surface area contributed by atoms with Crippen molar-refractivity contribution in [3.63, 3.8) is 0 Å². The number of hydrogen-bond donors (Lipinski definition) is 2. The fraction of sp³-hybridized carbons (Fsp3) is 0.833. The quantitative estimate of drug-likeness (QED) is 0.689. The summed E-state index contributed by atoms with van der Waals surface area (Å²) < 4.78 is 10.5. The third-order valence-electron chi connectivity index (χ3n) is 3.90. The molecule has 0 aromatic heterocycles. The van der Waals surface area contributed by atoms with Gasteiger partial charge in [0.05, 0.1) is 19.2 Å². The number of nitrogens with zero attached hydrogens (tertiary/aromatic N) is 2. The van der Waals surface area contributed by atoms with Crippen LogP contribution in [-0.4, -0.2) is 90.2 Å². The van der Waals surface area contributed by atoms with E-state index in [4.69, 9.17) is 14.6 Å². The van der Waals surface area contributed by atoms with Gasteiger partial charge in [0.2, 0.25) is 0 Å². The number of rotatable bonds is 3. The van der Waals surface area contributed by atoms with E-state index >= 15 is 0 Å². The number of likely N-dealkylation sites (tertiary alicyclic amines) is 2. The van der Waals surface area contributed by atoms with Gasteiger partial charge in [-0.25, -0.2) is 9.59 Å². The van der Waals surface area contributed by atoms with Gasteiger partial charge in [-0.3, -0.25) is 0 Å². The van der Waals surface area contributed by atoms with E-state index in [0.717, 1.165) is 0 Å². The monoisotopic (exact) mass is 288 g/mol. The molecule has 20 heavy (non-hydrogen) atoms. The van der Waals surface area contributed by atoms with E-state index in [9.17, 15) is 14.7 Å². The van der Waals surface area contributed by atoms with Crippen LogP contribution in [0.25, 0.3) is 0 Å². The molecule has 2 aliphatic heterocycles. The van der Waals surface area contributed by atoms with E-state index in [0.29, 0.717) is 13.1 Å². The minimum absolute atomic E-state index is 0.0433. The molecule has 114 valence electrons. The zero-order valence-corrected chi connectivity index (χ0v) is 11.6. The zero-order valence-electron chi connectivity index (χ0n) is 11.6. The number of aliphatic hydroxyl groups excluding tert-OH is 1. The van der Waals surface area contributed by atoms with Crippen LogP contribution in [0, 0.1) is 0 Å². The number of urea groups is 1. The molecule has 8 nitrogen and oxygen atoms in total. The van der Waals surface area contributed by atoms with Crippen LogP contribution in [0.1, 0.15) is 6.42 Å². The molecule has 2 saturated heterocycles. The second-order valence-electron chi connectivity index (χ2n) is 5.13. The Balaban J connectivity index is 2.06. The molecule has 2 heterocycles. The lowest BCUT2D eigenvalue weighted by atomic mass is 10.2. The summed E-state index contributed by atoms with van der Waals surface area (Å²) in [6, 6.07) is -1.37. The lowest BCUT2D eigenvalue weighted by molar-refractivity contribution is -0.141. The molecule has 2 unspecified atom stereocenters. The summed E-state index contributed by atoms with van der Waals surface area (Å²) in [5, 5.41) is 18.7. The molecule has 2 fully saturated rings. The van der Waals surface area contributed by atoms with Gasteiger partial charge in [0.1, 0.15) is 18.2 Å². The Labute approximate surface area is 116 Å². The normalized spacial score (nSPS) is 33.8. The molecule has 2 N–H and O–H groups in total. The first-order valence-corrected chi connectivity index (χ1v) is 6.50. The Morgan fingerprint density at radius 2 is 1.65 bits per heavy atom. The fourth-order valence-corrected chi connectivity index (χ4v) is 2.79. The maximum absolute atomic E-state index is 12.4. The van der Waals surface area contributed by atoms with Crippen LogP contribution in [0.2, 0.25) is 0 Å². The summed E-state index contributed by atoms with van der Waals surface area (Å²) in [6.45, 7) is 0.751. The highest BCUT2D eigenvalue weighted by atomic mass is 16.5. The molecule has 4 atom stereocenters. The SMILES string of the molecule is COC1CN(C(=O)N2C[C@@H](O)C[C@H]2C(=O)O)CC1OC. The summed E-state index contributed by atoms with van der Waals surface area (Å²) >= 11 is 0. The number of β-amino-alcohol motifs (C(OH)–C–C–N with tert-alkyl or cyclic N) is 1. The van der Waals surface area contributed by atoms with Crippen molar-refractivity contribution < 1.29 is 29.3 Å². The second-order valence-corrected chi connectivity index (χ2v) is 5.13.